The molecule has 1 N–H and O–H groups in total. The van der Waals surface area contributed by atoms with Gasteiger partial charge in [-0.25, -0.2) is 0 Å². The summed E-state index contributed by atoms with van der Waals surface area (Å²) < 4.78 is 0. The highest BCUT2D eigenvalue weighted by Gasteiger charge is 2.21. The molecule has 0 aromatic rings. The van der Waals surface area contributed by atoms with Crippen molar-refractivity contribution >= 4 is 0 Å². The Labute approximate surface area is 122 Å². The second-order valence-electron chi connectivity index (χ2n) is 7.51. The first-order chi connectivity index (χ1) is 8.73. The van der Waals surface area contributed by atoms with Crippen LogP contribution in [-0.2, 0) is 0 Å². The Balaban J connectivity index is 4.29. The minimum atomic E-state index is 0.657. The molecule has 0 aliphatic carbocycles. The molecule has 2 nitrogen and oxygen atoms in total. The molecule has 0 radical (unpaired) electrons. The molecule has 0 amide bonds. The average molecular weight is 271 g/mol. The first-order valence-corrected chi connectivity index (χ1v) is 8.18. The first kappa shape index (κ1) is 18.9. The summed E-state index contributed by atoms with van der Waals surface area (Å²) in [5, 5.41) is 3.60. The molecule has 0 fully saturated rings. The Morgan fingerprint density at radius 3 is 1.53 bits per heavy atom. The van der Waals surface area contributed by atoms with Gasteiger partial charge in [-0.05, 0) is 43.7 Å². The third-order valence-corrected chi connectivity index (χ3v) is 3.62. The molecule has 0 aliphatic heterocycles. The third kappa shape index (κ3) is 9.45. The van der Waals surface area contributed by atoms with Crippen LogP contribution < -0.4 is 5.32 Å². The topological polar surface area (TPSA) is 15.3 Å². The number of nitrogens with one attached hydrogen (secondary N) is 1. The van der Waals surface area contributed by atoms with Crippen molar-refractivity contribution in [3.63, 3.8) is 0 Å². The average Bonchev–Trinajstić information content (AvgIpc) is 2.25. The molecule has 0 bridgehead atoms. The fraction of sp³-hybridized carbons (Fsp3) is 1.00. The summed E-state index contributed by atoms with van der Waals surface area (Å²) in [6.07, 6.45) is 0. The Hall–Kier alpha value is -0.0800. The maximum atomic E-state index is 3.60. The molecule has 2 atom stereocenters. The van der Waals surface area contributed by atoms with E-state index in [9.17, 15) is 0 Å². The molecule has 116 valence electrons. The van der Waals surface area contributed by atoms with Gasteiger partial charge in [0, 0.05) is 19.1 Å². The smallest absolute Gasteiger partial charge is 0.0105 e. The number of hydrogen-bond donors (Lipinski definition) is 1. The number of nitrogens with zero attached hydrogens (tertiary/aromatic N) is 1. The van der Waals surface area contributed by atoms with Gasteiger partial charge in [0.05, 0.1) is 0 Å². The van der Waals surface area contributed by atoms with Crippen LogP contribution in [0.2, 0.25) is 0 Å². The van der Waals surface area contributed by atoms with Crippen molar-refractivity contribution in [3.05, 3.63) is 0 Å². The molecule has 0 spiro atoms. The van der Waals surface area contributed by atoms with Crippen molar-refractivity contribution in [3.8, 4) is 0 Å². The summed E-state index contributed by atoms with van der Waals surface area (Å²) >= 11 is 0. The summed E-state index contributed by atoms with van der Waals surface area (Å²) in [5.74, 6) is 2.94. The highest BCUT2D eigenvalue weighted by atomic mass is 15.2. The van der Waals surface area contributed by atoms with Gasteiger partial charge in [0.15, 0.2) is 0 Å². The highest BCUT2D eigenvalue weighted by molar-refractivity contribution is 4.76. The predicted molar refractivity (Wildman–Crippen MR) is 87.6 cm³/mol. The van der Waals surface area contributed by atoms with Crippen LogP contribution in [0.1, 0.15) is 55.4 Å². The molecule has 2 unspecified atom stereocenters. The summed E-state index contributed by atoms with van der Waals surface area (Å²) in [4.78, 5) is 2.68. The van der Waals surface area contributed by atoms with E-state index in [2.05, 4.69) is 65.6 Å². The van der Waals surface area contributed by atoms with E-state index < -0.39 is 0 Å². The monoisotopic (exact) mass is 270 g/mol. The fourth-order valence-corrected chi connectivity index (χ4v) is 2.48. The molecular formula is C17H38N2. The van der Waals surface area contributed by atoms with Crippen molar-refractivity contribution in [1.29, 1.82) is 0 Å². The second kappa shape index (κ2) is 9.77. The zero-order valence-electron chi connectivity index (χ0n) is 14.7. The number of hydrogen-bond acceptors (Lipinski definition) is 2. The van der Waals surface area contributed by atoms with Crippen LogP contribution in [0.25, 0.3) is 0 Å². The van der Waals surface area contributed by atoms with Crippen LogP contribution in [0.3, 0.4) is 0 Å². The quantitative estimate of drug-likeness (QED) is 0.648. The minimum Gasteiger partial charge on any atom is -0.316 e. The van der Waals surface area contributed by atoms with Crippen molar-refractivity contribution in [2.45, 2.75) is 61.4 Å². The lowest BCUT2D eigenvalue weighted by atomic mass is 9.99. The van der Waals surface area contributed by atoms with Gasteiger partial charge < -0.3 is 5.32 Å². The molecule has 2 heteroatoms. The Kier molecular flexibility index (Phi) is 9.72. The largest absolute Gasteiger partial charge is 0.316 e. The number of rotatable bonds is 10. The van der Waals surface area contributed by atoms with Crippen molar-refractivity contribution in [2.75, 3.05) is 26.2 Å². The van der Waals surface area contributed by atoms with E-state index in [0.29, 0.717) is 12.0 Å². The van der Waals surface area contributed by atoms with E-state index >= 15 is 0 Å². The normalized spacial score (nSPS) is 15.8. The maximum absolute atomic E-state index is 3.60. The van der Waals surface area contributed by atoms with Gasteiger partial charge in [0.25, 0.3) is 0 Å². The lowest BCUT2D eigenvalue weighted by molar-refractivity contribution is 0.127. The van der Waals surface area contributed by atoms with E-state index in [1.54, 1.807) is 0 Å². The van der Waals surface area contributed by atoms with Crippen LogP contribution in [0, 0.1) is 23.7 Å². The SMILES string of the molecule is CC(C)CNCC(C)C(C)N(CC(C)C)CC(C)C. The van der Waals surface area contributed by atoms with Crippen molar-refractivity contribution in [2.24, 2.45) is 23.7 Å². The molecule has 0 saturated heterocycles. The van der Waals surface area contributed by atoms with Gasteiger partial charge in [-0.1, -0.05) is 48.5 Å². The van der Waals surface area contributed by atoms with Crippen molar-refractivity contribution in [1.82, 2.24) is 10.2 Å². The molecule has 19 heavy (non-hydrogen) atoms. The molecular weight excluding hydrogens is 232 g/mol. The van der Waals surface area contributed by atoms with E-state index in [4.69, 9.17) is 0 Å². The van der Waals surface area contributed by atoms with E-state index in [-0.39, 0.29) is 0 Å². The molecule has 0 aromatic heterocycles. The van der Waals surface area contributed by atoms with Crippen LogP contribution in [0.15, 0.2) is 0 Å². The van der Waals surface area contributed by atoms with Gasteiger partial charge in [-0.2, -0.15) is 0 Å². The van der Waals surface area contributed by atoms with Gasteiger partial charge in [0.2, 0.25) is 0 Å². The molecule has 0 aliphatic rings. The lowest BCUT2D eigenvalue weighted by Crippen LogP contribution is -2.44. The summed E-state index contributed by atoms with van der Waals surface area (Å²) in [5.41, 5.74) is 0. The van der Waals surface area contributed by atoms with Gasteiger partial charge in [-0.15, -0.1) is 0 Å². The van der Waals surface area contributed by atoms with E-state index in [1.807, 2.05) is 0 Å². The van der Waals surface area contributed by atoms with E-state index in [0.717, 1.165) is 30.8 Å². The van der Waals surface area contributed by atoms with Gasteiger partial charge in [-0.3, -0.25) is 4.90 Å². The van der Waals surface area contributed by atoms with Gasteiger partial charge in [0.1, 0.15) is 0 Å². The third-order valence-electron chi connectivity index (χ3n) is 3.62. The molecule has 0 saturated carbocycles. The maximum Gasteiger partial charge on any atom is 0.0105 e. The summed E-state index contributed by atoms with van der Waals surface area (Å²) in [6.45, 7) is 23.3. The molecule has 0 rings (SSSR count). The summed E-state index contributed by atoms with van der Waals surface area (Å²) in [6, 6.07) is 0.657. The Morgan fingerprint density at radius 2 is 1.16 bits per heavy atom. The Bertz CT molecular complexity index is 201. The first-order valence-electron chi connectivity index (χ1n) is 8.18. The van der Waals surface area contributed by atoms with Crippen LogP contribution in [-0.4, -0.2) is 37.1 Å². The van der Waals surface area contributed by atoms with Crippen molar-refractivity contribution < 1.29 is 0 Å². The van der Waals surface area contributed by atoms with Crippen LogP contribution in [0.4, 0.5) is 0 Å². The molecule has 0 heterocycles. The van der Waals surface area contributed by atoms with Gasteiger partial charge >= 0.3 is 0 Å². The standard InChI is InChI=1S/C17H38N2/c1-13(2)9-18-10-16(7)17(8)19(11-14(3)4)12-15(5)6/h13-18H,9-12H2,1-8H3. The van der Waals surface area contributed by atoms with Crippen LogP contribution >= 0.6 is 0 Å². The van der Waals surface area contributed by atoms with E-state index in [1.165, 1.54) is 13.1 Å². The summed E-state index contributed by atoms with van der Waals surface area (Å²) in [7, 11) is 0. The fourth-order valence-electron chi connectivity index (χ4n) is 2.48. The lowest BCUT2D eigenvalue weighted by Gasteiger charge is -2.36. The zero-order valence-corrected chi connectivity index (χ0v) is 14.7. The highest BCUT2D eigenvalue weighted by Crippen LogP contribution is 2.15. The van der Waals surface area contributed by atoms with Crippen LogP contribution in [0.5, 0.6) is 0 Å². The molecule has 0 aromatic carbocycles. The Morgan fingerprint density at radius 1 is 0.684 bits per heavy atom. The second-order valence-corrected chi connectivity index (χ2v) is 7.51. The zero-order chi connectivity index (χ0) is 15.0. The predicted octanol–water partition coefficient (Wildman–Crippen LogP) is 3.87. The minimum absolute atomic E-state index is 0.657.